The molecule has 2 N–H and O–H groups in total. The first-order valence-corrected chi connectivity index (χ1v) is 7.88. The lowest BCUT2D eigenvalue weighted by atomic mass is 9.96. The zero-order valence-corrected chi connectivity index (χ0v) is 13.0. The second kappa shape index (κ2) is 6.52. The van der Waals surface area contributed by atoms with E-state index in [4.69, 9.17) is 5.73 Å². The van der Waals surface area contributed by atoms with Crippen LogP contribution in [0.3, 0.4) is 0 Å². The van der Waals surface area contributed by atoms with Crippen LogP contribution in [0.15, 0.2) is 66.8 Å². The topological polar surface area (TPSA) is 29.3 Å². The molecule has 22 heavy (non-hydrogen) atoms. The van der Waals surface area contributed by atoms with Crippen molar-refractivity contribution >= 4 is 22.6 Å². The summed E-state index contributed by atoms with van der Waals surface area (Å²) in [4.78, 5) is 2.24. The number of allylic oxidation sites excluding steroid dienone is 4. The Morgan fingerprint density at radius 3 is 2.55 bits per heavy atom. The third kappa shape index (κ3) is 2.91. The third-order valence-electron chi connectivity index (χ3n) is 4.09. The lowest BCUT2D eigenvalue weighted by molar-refractivity contribution is 1.02. The highest BCUT2D eigenvalue weighted by Gasteiger charge is 2.12. The van der Waals surface area contributed by atoms with Gasteiger partial charge in [-0.1, -0.05) is 42.5 Å². The molecule has 2 nitrogen and oxygen atoms in total. The smallest absolute Gasteiger partial charge is 0.0644 e. The van der Waals surface area contributed by atoms with E-state index in [-0.39, 0.29) is 0 Å². The molecule has 0 saturated carbocycles. The quantitative estimate of drug-likeness (QED) is 0.788. The Balaban J connectivity index is 1.94. The third-order valence-corrected chi connectivity index (χ3v) is 4.09. The van der Waals surface area contributed by atoms with E-state index in [2.05, 4.69) is 72.5 Å². The van der Waals surface area contributed by atoms with Crippen LogP contribution in [0.2, 0.25) is 0 Å². The van der Waals surface area contributed by atoms with Crippen molar-refractivity contribution in [1.29, 1.82) is 0 Å². The molecule has 0 heterocycles. The Kier molecular flexibility index (Phi) is 4.29. The maximum atomic E-state index is 6.35. The van der Waals surface area contributed by atoms with Crippen molar-refractivity contribution in [1.82, 2.24) is 0 Å². The summed E-state index contributed by atoms with van der Waals surface area (Å²) in [5, 5.41) is 0. The van der Waals surface area contributed by atoms with Crippen LogP contribution in [0.5, 0.6) is 0 Å². The Morgan fingerprint density at radius 1 is 1.09 bits per heavy atom. The number of para-hydroxylation sites is 1. The molecule has 0 saturated heterocycles. The van der Waals surface area contributed by atoms with Crippen molar-refractivity contribution in [2.45, 2.75) is 19.8 Å². The molecule has 112 valence electrons. The predicted octanol–water partition coefficient (Wildman–Crippen LogP) is 5.16. The zero-order valence-electron chi connectivity index (χ0n) is 13.0. The summed E-state index contributed by atoms with van der Waals surface area (Å²) >= 11 is 0. The Labute approximate surface area is 132 Å². The molecule has 1 aliphatic carbocycles. The van der Waals surface area contributed by atoms with Gasteiger partial charge in [-0.15, -0.1) is 0 Å². The monoisotopic (exact) mass is 290 g/mol. The van der Waals surface area contributed by atoms with Gasteiger partial charge < -0.3 is 10.6 Å². The molecule has 0 fully saturated rings. The van der Waals surface area contributed by atoms with E-state index in [1.807, 2.05) is 6.07 Å². The SMILES string of the molecule is CCN(c1ccccc1)c1ccc(C2=CC=CCC2)cc1N. The number of benzene rings is 2. The van der Waals surface area contributed by atoms with Crippen LogP contribution in [0, 0.1) is 0 Å². The van der Waals surface area contributed by atoms with Gasteiger partial charge in [0.15, 0.2) is 0 Å². The van der Waals surface area contributed by atoms with Crippen molar-refractivity contribution in [3.05, 3.63) is 72.3 Å². The molecule has 0 amide bonds. The summed E-state index contributed by atoms with van der Waals surface area (Å²) in [5.74, 6) is 0. The van der Waals surface area contributed by atoms with Crippen molar-refractivity contribution in [3.63, 3.8) is 0 Å². The van der Waals surface area contributed by atoms with Crippen LogP contribution >= 0.6 is 0 Å². The minimum atomic E-state index is 0.832. The van der Waals surface area contributed by atoms with Crippen LogP contribution in [-0.2, 0) is 0 Å². The van der Waals surface area contributed by atoms with Crippen molar-refractivity contribution in [2.75, 3.05) is 17.2 Å². The normalized spacial score (nSPS) is 13.8. The van der Waals surface area contributed by atoms with Crippen LogP contribution in [0.4, 0.5) is 17.1 Å². The first-order valence-electron chi connectivity index (χ1n) is 7.88. The van der Waals surface area contributed by atoms with E-state index >= 15 is 0 Å². The van der Waals surface area contributed by atoms with E-state index in [9.17, 15) is 0 Å². The average Bonchev–Trinajstić information content (AvgIpc) is 2.59. The second-order valence-electron chi connectivity index (χ2n) is 5.51. The van der Waals surface area contributed by atoms with Gasteiger partial charge in [0.05, 0.1) is 11.4 Å². The van der Waals surface area contributed by atoms with Crippen LogP contribution in [-0.4, -0.2) is 6.54 Å². The Hall–Kier alpha value is -2.48. The Bertz CT molecular complexity index is 699. The van der Waals surface area contributed by atoms with Gasteiger partial charge in [0, 0.05) is 12.2 Å². The summed E-state index contributed by atoms with van der Waals surface area (Å²) in [6, 6.07) is 16.8. The summed E-state index contributed by atoms with van der Waals surface area (Å²) < 4.78 is 0. The zero-order chi connectivity index (χ0) is 15.4. The highest BCUT2D eigenvalue weighted by Crippen LogP contribution is 2.33. The van der Waals surface area contributed by atoms with Gasteiger partial charge in [0.25, 0.3) is 0 Å². The molecule has 2 aromatic carbocycles. The van der Waals surface area contributed by atoms with E-state index in [1.54, 1.807) is 0 Å². The summed E-state index contributed by atoms with van der Waals surface area (Å²) in [6.45, 7) is 3.04. The minimum Gasteiger partial charge on any atom is -0.397 e. The molecule has 0 aromatic heterocycles. The highest BCUT2D eigenvalue weighted by molar-refractivity contribution is 5.80. The minimum absolute atomic E-state index is 0.832. The van der Waals surface area contributed by atoms with Crippen LogP contribution < -0.4 is 10.6 Å². The summed E-state index contributed by atoms with van der Waals surface area (Å²) in [6.07, 6.45) is 8.72. The van der Waals surface area contributed by atoms with E-state index < -0.39 is 0 Å². The largest absolute Gasteiger partial charge is 0.397 e. The van der Waals surface area contributed by atoms with Gasteiger partial charge in [-0.25, -0.2) is 0 Å². The molecular formula is C20H22N2. The number of rotatable bonds is 4. The fourth-order valence-electron chi connectivity index (χ4n) is 2.94. The van der Waals surface area contributed by atoms with Crippen LogP contribution in [0.1, 0.15) is 25.3 Å². The van der Waals surface area contributed by atoms with Crippen molar-refractivity contribution in [3.8, 4) is 0 Å². The first-order chi connectivity index (χ1) is 10.8. The standard InChI is InChI=1S/C20H22N2/c1-2-22(18-11-7-4-8-12-18)20-14-13-17(15-19(20)21)16-9-5-3-6-10-16/h3-5,7-9,11-15H,2,6,10,21H2,1H3. The van der Waals surface area contributed by atoms with E-state index in [1.165, 1.54) is 16.8 Å². The fourth-order valence-corrected chi connectivity index (χ4v) is 2.94. The first kappa shape index (κ1) is 14.5. The van der Waals surface area contributed by atoms with Crippen molar-refractivity contribution < 1.29 is 0 Å². The molecule has 0 unspecified atom stereocenters. The summed E-state index contributed by atoms with van der Waals surface area (Å²) in [5.41, 5.74) is 12.0. The second-order valence-corrected chi connectivity index (χ2v) is 5.51. The van der Waals surface area contributed by atoms with Crippen molar-refractivity contribution in [2.24, 2.45) is 0 Å². The maximum Gasteiger partial charge on any atom is 0.0644 e. The van der Waals surface area contributed by atoms with Gasteiger partial charge in [-0.2, -0.15) is 0 Å². The molecular weight excluding hydrogens is 268 g/mol. The van der Waals surface area contributed by atoms with E-state index in [0.29, 0.717) is 0 Å². The average molecular weight is 290 g/mol. The number of anilines is 3. The lowest BCUT2D eigenvalue weighted by Gasteiger charge is -2.25. The number of hydrogen-bond donors (Lipinski definition) is 1. The predicted molar refractivity (Wildman–Crippen MR) is 96.3 cm³/mol. The number of nitrogens with two attached hydrogens (primary N) is 1. The lowest BCUT2D eigenvalue weighted by Crippen LogP contribution is -2.17. The number of nitrogen functional groups attached to an aromatic ring is 1. The van der Waals surface area contributed by atoms with E-state index in [0.717, 1.165) is 30.8 Å². The molecule has 0 radical (unpaired) electrons. The number of nitrogens with zero attached hydrogens (tertiary/aromatic N) is 1. The van der Waals surface area contributed by atoms with Gasteiger partial charge in [0.2, 0.25) is 0 Å². The van der Waals surface area contributed by atoms with Crippen LogP contribution in [0.25, 0.3) is 5.57 Å². The molecule has 2 heteroatoms. The van der Waals surface area contributed by atoms with Gasteiger partial charge in [0.1, 0.15) is 0 Å². The molecule has 3 rings (SSSR count). The van der Waals surface area contributed by atoms with Gasteiger partial charge in [-0.3, -0.25) is 0 Å². The molecule has 0 spiro atoms. The maximum absolute atomic E-state index is 6.35. The molecule has 0 atom stereocenters. The van der Waals surface area contributed by atoms with Gasteiger partial charge >= 0.3 is 0 Å². The highest BCUT2D eigenvalue weighted by atomic mass is 15.1. The summed E-state index contributed by atoms with van der Waals surface area (Å²) in [7, 11) is 0. The molecule has 0 aliphatic heterocycles. The fraction of sp³-hybridized carbons (Fsp3) is 0.200. The van der Waals surface area contributed by atoms with Gasteiger partial charge in [-0.05, 0) is 55.2 Å². The molecule has 1 aliphatic rings. The molecule has 2 aromatic rings. The number of hydrogen-bond acceptors (Lipinski definition) is 2. The molecule has 0 bridgehead atoms. The Morgan fingerprint density at radius 2 is 1.91 bits per heavy atom.